The van der Waals surface area contributed by atoms with Gasteiger partial charge in [-0.2, -0.15) is 0 Å². The number of aryl methyl sites for hydroxylation is 1. The van der Waals surface area contributed by atoms with Gasteiger partial charge in [-0.15, -0.1) is 0 Å². The standard InChI is InChI=1S/C11H15NO/c1-2-10-4-6-11(7-5-10)12-8-3-9-13/h4-7,9,12H,2-3,8H2,1H3. The highest BCUT2D eigenvalue weighted by Gasteiger charge is 1.91. The Morgan fingerprint density at radius 1 is 1.31 bits per heavy atom. The highest BCUT2D eigenvalue weighted by Crippen LogP contribution is 2.09. The first kappa shape index (κ1) is 9.78. The van der Waals surface area contributed by atoms with Gasteiger partial charge in [0.05, 0.1) is 0 Å². The summed E-state index contributed by atoms with van der Waals surface area (Å²) in [5.41, 5.74) is 2.42. The molecule has 1 aromatic rings. The van der Waals surface area contributed by atoms with E-state index in [4.69, 9.17) is 0 Å². The second-order valence-electron chi connectivity index (χ2n) is 2.93. The third-order valence-corrected chi connectivity index (χ3v) is 1.95. The third kappa shape index (κ3) is 3.28. The van der Waals surface area contributed by atoms with Crippen molar-refractivity contribution in [3.63, 3.8) is 0 Å². The molecular weight excluding hydrogens is 162 g/mol. The topological polar surface area (TPSA) is 29.1 Å². The predicted octanol–water partition coefficient (Wildman–Crippen LogP) is 2.25. The molecule has 2 heteroatoms. The molecule has 0 fully saturated rings. The number of anilines is 1. The van der Waals surface area contributed by atoms with E-state index < -0.39 is 0 Å². The van der Waals surface area contributed by atoms with E-state index >= 15 is 0 Å². The molecular formula is C11H15NO. The molecule has 0 atom stereocenters. The molecule has 1 rings (SSSR count). The van der Waals surface area contributed by atoms with Crippen LogP contribution in [0.3, 0.4) is 0 Å². The lowest BCUT2D eigenvalue weighted by Crippen LogP contribution is -2.01. The zero-order chi connectivity index (χ0) is 9.52. The molecule has 1 aromatic carbocycles. The van der Waals surface area contributed by atoms with Crippen molar-refractivity contribution < 1.29 is 4.79 Å². The van der Waals surface area contributed by atoms with Crippen molar-refractivity contribution in [1.29, 1.82) is 0 Å². The van der Waals surface area contributed by atoms with E-state index in [-0.39, 0.29) is 0 Å². The van der Waals surface area contributed by atoms with Crippen LogP contribution < -0.4 is 5.32 Å². The monoisotopic (exact) mass is 177 g/mol. The minimum absolute atomic E-state index is 0.565. The first-order valence-electron chi connectivity index (χ1n) is 4.63. The number of nitrogens with one attached hydrogen (secondary N) is 1. The molecule has 0 unspecified atom stereocenters. The molecule has 0 aliphatic heterocycles. The maximum absolute atomic E-state index is 10.1. The normalized spacial score (nSPS) is 9.62. The summed E-state index contributed by atoms with van der Waals surface area (Å²) in [4.78, 5) is 10.1. The van der Waals surface area contributed by atoms with E-state index in [1.54, 1.807) is 0 Å². The fourth-order valence-corrected chi connectivity index (χ4v) is 1.13. The number of aldehydes is 1. The fourth-order valence-electron chi connectivity index (χ4n) is 1.13. The number of hydrogen-bond donors (Lipinski definition) is 1. The van der Waals surface area contributed by atoms with Gasteiger partial charge in [-0.05, 0) is 24.1 Å². The lowest BCUT2D eigenvalue weighted by Gasteiger charge is -2.04. The van der Waals surface area contributed by atoms with E-state index in [1.165, 1.54) is 5.56 Å². The maximum atomic E-state index is 10.1. The van der Waals surface area contributed by atoms with Crippen LogP contribution in [-0.2, 0) is 11.2 Å². The van der Waals surface area contributed by atoms with Gasteiger partial charge in [0.2, 0.25) is 0 Å². The van der Waals surface area contributed by atoms with E-state index in [1.807, 2.05) is 12.1 Å². The Balaban J connectivity index is 2.44. The van der Waals surface area contributed by atoms with Crippen molar-refractivity contribution >= 4 is 12.0 Å². The number of hydrogen-bond acceptors (Lipinski definition) is 2. The lowest BCUT2D eigenvalue weighted by molar-refractivity contribution is -0.107. The van der Waals surface area contributed by atoms with Gasteiger partial charge < -0.3 is 10.1 Å². The van der Waals surface area contributed by atoms with Gasteiger partial charge in [-0.3, -0.25) is 0 Å². The molecule has 0 amide bonds. The van der Waals surface area contributed by atoms with E-state index in [9.17, 15) is 4.79 Å². The first-order chi connectivity index (χ1) is 6.36. The van der Waals surface area contributed by atoms with E-state index in [0.717, 1.165) is 24.9 Å². The van der Waals surface area contributed by atoms with Crippen LogP contribution in [0.1, 0.15) is 18.9 Å². The minimum atomic E-state index is 0.565. The number of carbonyl (C=O) groups excluding carboxylic acids is 1. The molecule has 0 radical (unpaired) electrons. The highest BCUT2D eigenvalue weighted by molar-refractivity contribution is 5.51. The summed E-state index contributed by atoms with van der Waals surface area (Å²) in [5.74, 6) is 0. The third-order valence-electron chi connectivity index (χ3n) is 1.95. The zero-order valence-electron chi connectivity index (χ0n) is 7.92. The van der Waals surface area contributed by atoms with Crippen molar-refractivity contribution in [3.8, 4) is 0 Å². The summed E-state index contributed by atoms with van der Waals surface area (Å²) in [6.07, 6.45) is 2.55. The SMILES string of the molecule is CCc1ccc(NCCC=O)cc1. The average molecular weight is 177 g/mol. The lowest BCUT2D eigenvalue weighted by atomic mass is 10.1. The summed E-state index contributed by atoms with van der Waals surface area (Å²) in [5, 5.41) is 3.17. The molecule has 70 valence electrons. The fraction of sp³-hybridized carbons (Fsp3) is 0.364. The number of rotatable bonds is 5. The molecule has 0 spiro atoms. The summed E-state index contributed by atoms with van der Waals surface area (Å²) in [7, 11) is 0. The van der Waals surface area contributed by atoms with Gasteiger partial charge in [-0.1, -0.05) is 19.1 Å². The van der Waals surface area contributed by atoms with Crippen molar-refractivity contribution in [1.82, 2.24) is 0 Å². The average Bonchev–Trinajstić information content (AvgIpc) is 2.19. The van der Waals surface area contributed by atoms with Crippen LogP contribution in [0.2, 0.25) is 0 Å². The van der Waals surface area contributed by atoms with Crippen molar-refractivity contribution in [2.75, 3.05) is 11.9 Å². The van der Waals surface area contributed by atoms with Crippen LogP contribution >= 0.6 is 0 Å². The summed E-state index contributed by atoms with van der Waals surface area (Å²) in [6, 6.07) is 8.29. The Morgan fingerprint density at radius 3 is 2.54 bits per heavy atom. The molecule has 0 aromatic heterocycles. The van der Waals surface area contributed by atoms with Crippen molar-refractivity contribution in [2.45, 2.75) is 19.8 Å². The Bertz CT molecular complexity index is 253. The van der Waals surface area contributed by atoms with Gasteiger partial charge in [0.25, 0.3) is 0 Å². The van der Waals surface area contributed by atoms with Gasteiger partial charge in [0.1, 0.15) is 6.29 Å². The maximum Gasteiger partial charge on any atom is 0.121 e. The Morgan fingerprint density at radius 2 is 2.00 bits per heavy atom. The van der Waals surface area contributed by atoms with Crippen LogP contribution in [0, 0.1) is 0 Å². The molecule has 2 nitrogen and oxygen atoms in total. The smallest absolute Gasteiger partial charge is 0.121 e. The van der Waals surface area contributed by atoms with Crippen LogP contribution in [0.25, 0.3) is 0 Å². The highest BCUT2D eigenvalue weighted by atomic mass is 16.1. The van der Waals surface area contributed by atoms with Crippen molar-refractivity contribution in [2.24, 2.45) is 0 Å². The zero-order valence-corrected chi connectivity index (χ0v) is 7.92. The molecule has 0 saturated carbocycles. The Hall–Kier alpha value is -1.31. The van der Waals surface area contributed by atoms with Crippen LogP contribution in [0.15, 0.2) is 24.3 Å². The Kier molecular flexibility index (Phi) is 4.03. The molecule has 0 heterocycles. The summed E-state index contributed by atoms with van der Waals surface area (Å²) < 4.78 is 0. The van der Waals surface area contributed by atoms with Crippen LogP contribution in [-0.4, -0.2) is 12.8 Å². The number of carbonyl (C=O) groups is 1. The van der Waals surface area contributed by atoms with Crippen LogP contribution in [0.5, 0.6) is 0 Å². The van der Waals surface area contributed by atoms with Gasteiger partial charge in [-0.25, -0.2) is 0 Å². The van der Waals surface area contributed by atoms with E-state index in [0.29, 0.717) is 6.42 Å². The first-order valence-corrected chi connectivity index (χ1v) is 4.63. The summed E-state index contributed by atoms with van der Waals surface area (Å²) in [6.45, 7) is 2.85. The predicted molar refractivity (Wildman–Crippen MR) is 55.0 cm³/mol. The largest absolute Gasteiger partial charge is 0.385 e. The quantitative estimate of drug-likeness (QED) is 0.552. The van der Waals surface area contributed by atoms with Crippen LogP contribution in [0.4, 0.5) is 5.69 Å². The molecule has 0 aliphatic rings. The molecule has 0 bridgehead atoms. The number of benzene rings is 1. The summed E-state index contributed by atoms with van der Waals surface area (Å²) >= 11 is 0. The second kappa shape index (κ2) is 5.36. The van der Waals surface area contributed by atoms with Gasteiger partial charge in [0.15, 0.2) is 0 Å². The second-order valence-corrected chi connectivity index (χ2v) is 2.93. The molecule has 0 saturated heterocycles. The molecule has 13 heavy (non-hydrogen) atoms. The molecule has 0 aliphatic carbocycles. The Labute approximate surface area is 79.0 Å². The molecule has 1 N–H and O–H groups in total. The van der Waals surface area contributed by atoms with E-state index in [2.05, 4.69) is 24.4 Å². The minimum Gasteiger partial charge on any atom is -0.385 e. The van der Waals surface area contributed by atoms with Gasteiger partial charge >= 0.3 is 0 Å². The van der Waals surface area contributed by atoms with Crippen molar-refractivity contribution in [3.05, 3.63) is 29.8 Å². The van der Waals surface area contributed by atoms with Gasteiger partial charge in [0, 0.05) is 18.7 Å².